The van der Waals surface area contributed by atoms with Crippen molar-refractivity contribution in [3.63, 3.8) is 0 Å². The lowest BCUT2D eigenvalue weighted by Crippen LogP contribution is -2.65. The molecule has 1 heterocycles. The summed E-state index contributed by atoms with van der Waals surface area (Å²) >= 11 is 0. The highest BCUT2D eigenvalue weighted by Gasteiger charge is 2.72. The Morgan fingerprint density at radius 3 is 2.42 bits per heavy atom. The summed E-state index contributed by atoms with van der Waals surface area (Å²) in [5, 5.41) is 12.0. The standard InChI is InChI=1S/C30H42O6/c1-16-12-22-21-13-17(2)29(6,24(32)9-8-23-18(3)35-26(34)36-23)28(21,5)15-25(33)30(22,7)27(4)11-10-19(31)14-20(16)27/h14,16-17,21-22,25,33H,8-13,15H2,1-7H3/t16-,17?,21?,22?,25-,27-,28-,29+,30+/m0/s1. The van der Waals surface area contributed by atoms with Crippen LogP contribution in [-0.4, -0.2) is 22.8 Å². The van der Waals surface area contributed by atoms with E-state index < -0.39 is 17.3 Å². The molecule has 5 rings (SSSR count). The van der Waals surface area contributed by atoms with Crippen molar-refractivity contribution in [2.45, 2.75) is 99.5 Å². The number of aliphatic hydroxyl groups is 1. The zero-order chi connectivity index (χ0) is 26.4. The lowest BCUT2D eigenvalue weighted by atomic mass is 9.37. The Labute approximate surface area is 213 Å². The van der Waals surface area contributed by atoms with Crippen LogP contribution in [0.15, 0.2) is 25.3 Å². The van der Waals surface area contributed by atoms with E-state index in [0.717, 1.165) is 19.3 Å². The summed E-state index contributed by atoms with van der Waals surface area (Å²) in [6.07, 6.45) is 5.79. The second kappa shape index (κ2) is 8.02. The van der Waals surface area contributed by atoms with Gasteiger partial charge in [-0.05, 0) is 73.2 Å². The number of Topliss-reactive ketones (excluding diaryl/α,β-unsaturated/α-hetero) is 1. The molecule has 3 fully saturated rings. The molecule has 0 aliphatic heterocycles. The van der Waals surface area contributed by atoms with Crippen LogP contribution < -0.4 is 5.82 Å². The smallest absolute Gasteiger partial charge is 0.396 e. The summed E-state index contributed by atoms with van der Waals surface area (Å²) in [7, 11) is 0. The highest BCUT2D eigenvalue weighted by atomic mass is 16.6. The predicted octanol–water partition coefficient (Wildman–Crippen LogP) is 5.43. The van der Waals surface area contributed by atoms with Crippen molar-refractivity contribution in [1.29, 1.82) is 0 Å². The van der Waals surface area contributed by atoms with Crippen molar-refractivity contribution in [3.8, 4) is 0 Å². The van der Waals surface area contributed by atoms with E-state index in [0.29, 0.717) is 36.7 Å². The van der Waals surface area contributed by atoms with Gasteiger partial charge in [0.15, 0.2) is 5.78 Å². The summed E-state index contributed by atoms with van der Waals surface area (Å²) in [4.78, 5) is 37.8. The van der Waals surface area contributed by atoms with Crippen LogP contribution in [0, 0.1) is 52.3 Å². The van der Waals surface area contributed by atoms with E-state index in [1.165, 1.54) is 5.57 Å². The van der Waals surface area contributed by atoms with Crippen LogP contribution in [-0.2, 0) is 16.0 Å². The number of fused-ring (bicyclic) bond motifs is 5. The van der Waals surface area contributed by atoms with E-state index in [-0.39, 0.29) is 52.0 Å². The van der Waals surface area contributed by atoms with Crippen LogP contribution in [0.25, 0.3) is 0 Å². The molecule has 6 heteroatoms. The number of hydrogen-bond donors (Lipinski definition) is 1. The first-order valence-electron chi connectivity index (χ1n) is 13.8. The molecule has 9 atom stereocenters. The first kappa shape index (κ1) is 25.7. The Balaban J connectivity index is 1.50. The Kier molecular flexibility index (Phi) is 5.73. The van der Waals surface area contributed by atoms with Gasteiger partial charge in [-0.3, -0.25) is 9.59 Å². The van der Waals surface area contributed by atoms with E-state index in [9.17, 15) is 19.5 Å². The number of aryl methyl sites for hydroxylation is 2. The third kappa shape index (κ3) is 3.09. The topological polar surface area (TPSA) is 97.7 Å². The highest BCUT2D eigenvalue weighted by molar-refractivity contribution is 5.92. The summed E-state index contributed by atoms with van der Waals surface area (Å²) in [6.45, 7) is 15.0. The van der Waals surface area contributed by atoms with Crippen molar-refractivity contribution in [3.05, 3.63) is 33.8 Å². The number of ketones is 2. The molecule has 0 spiro atoms. The van der Waals surface area contributed by atoms with Gasteiger partial charge in [0.05, 0.1) is 6.10 Å². The molecular weight excluding hydrogens is 456 g/mol. The fraction of sp³-hybridized carbons (Fsp3) is 0.767. The van der Waals surface area contributed by atoms with Gasteiger partial charge in [-0.15, -0.1) is 0 Å². The molecule has 1 aromatic rings. The van der Waals surface area contributed by atoms with Gasteiger partial charge in [-0.25, -0.2) is 4.79 Å². The van der Waals surface area contributed by atoms with Gasteiger partial charge in [-0.1, -0.05) is 47.1 Å². The zero-order valence-corrected chi connectivity index (χ0v) is 22.9. The zero-order valence-electron chi connectivity index (χ0n) is 22.9. The lowest BCUT2D eigenvalue weighted by molar-refractivity contribution is -0.206. The number of carbonyl (C=O) groups is 2. The molecule has 36 heavy (non-hydrogen) atoms. The first-order chi connectivity index (χ1) is 16.7. The molecule has 0 radical (unpaired) electrons. The van der Waals surface area contributed by atoms with E-state index >= 15 is 0 Å². The molecule has 198 valence electrons. The predicted molar refractivity (Wildman–Crippen MR) is 135 cm³/mol. The fourth-order valence-electron chi connectivity index (χ4n) is 9.64. The molecule has 4 aliphatic carbocycles. The van der Waals surface area contributed by atoms with Gasteiger partial charge in [-0.2, -0.15) is 0 Å². The highest BCUT2D eigenvalue weighted by Crippen LogP contribution is 2.75. The Morgan fingerprint density at radius 1 is 1.08 bits per heavy atom. The van der Waals surface area contributed by atoms with Crippen molar-refractivity contribution in [2.24, 2.45) is 45.3 Å². The third-order valence-corrected chi connectivity index (χ3v) is 12.3. The SMILES string of the molecule is Cc1oc(=O)oc1CCC(=O)[C@@]1(C)C(C)CC2C3C[C@H](C)C4=CC(=O)CC[C@]4(C)[C@@]3(C)[C@@H](O)C[C@@]21C. The van der Waals surface area contributed by atoms with Gasteiger partial charge in [0.1, 0.15) is 17.3 Å². The summed E-state index contributed by atoms with van der Waals surface area (Å²) in [5.41, 5.74) is -0.238. The minimum absolute atomic E-state index is 0.179. The van der Waals surface area contributed by atoms with Crippen molar-refractivity contribution < 1.29 is 23.5 Å². The number of aliphatic hydroxyl groups excluding tert-OH is 1. The van der Waals surface area contributed by atoms with Crippen LogP contribution in [0.4, 0.5) is 0 Å². The molecule has 1 aromatic heterocycles. The average Bonchev–Trinajstić information content (AvgIpc) is 3.23. The molecule has 0 aromatic carbocycles. The molecule has 3 saturated carbocycles. The number of rotatable bonds is 4. The van der Waals surface area contributed by atoms with Crippen molar-refractivity contribution in [2.75, 3.05) is 0 Å². The normalized spacial score (nSPS) is 46.1. The van der Waals surface area contributed by atoms with Crippen molar-refractivity contribution >= 4 is 11.6 Å². The minimum Gasteiger partial charge on any atom is -0.396 e. The lowest BCUT2D eigenvalue weighted by Gasteiger charge is -2.68. The summed E-state index contributed by atoms with van der Waals surface area (Å²) in [6, 6.07) is 0. The molecule has 3 unspecified atom stereocenters. The average molecular weight is 499 g/mol. The monoisotopic (exact) mass is 498 g/mol. The molecule has 6 nitrogen and oxygen atoms in total. The maximum atomic E-state index is 14.0. The summed E-state index contributed by atoms with van der Waals surface area (Å²) < 4.78 is 10.1. The number of hydrogen-bond acceptors (Lipinski definition) is 6. The van der Waals surface area contributed by atoms with Crippen LogP contribution in [0.2, 0.25) is 0 Å². The Bertz CT molecular complexity index is 1190. The third-order valence-electron chi connectivity index (χ3n) is 12.3. The van der Waals surface area contributed by atoms with Crippen LogP contribution >= 0.6 is 0 Å². The second-order valence-electron chi connectivity index (χ2n) is 13.4. The van der Waals surface area contributed by atoms with E-state index in [4.69, 9.17) is 8.83 Å². The number of allylic oxidation sites excluding steroid dienone is 1. The van der Waals surface area contributed by atoms with Gasteiger partial charge < -0.3 is 13.9 Å². The second-order valence-corrected chi connectivity index (χ2v) is 13.4. The number of carbonyl (C=O) groups excluding carboxylic acids is 2. The first-order valence-corrected chi connectivity index (χ1v) is 13.8. The molecule has 0 saturated heterocycles. The quantitative estimate of drug-likeness (QED) is 0.594. The Hall–Kier alpha value is -1.95. The molecule has 4 aliphatic rings. The molecule has 0 bridgehead atoms. The molecular formula is C30H42O6. The fourth-order valence-corrected chi connectivity index (χ4v) is 9.64. The largest absolute Gasteiger partial charge is 0.519 e. The van der Waals surface area contributed by atoms with Crippen LogP contribution in [0.1, 0.15) is 91.6 Å². The van der Waals surface area contributed by atoms with Gasteiger partial charge >= 0.3 is 5.82 Å². The maximum Gasteiger partial charge on any atom is 0.519 e. The Morgan fingerprint density at radius 2 is 1.78 bits per heavy atom. The molecule has 0 amide bonds. The van der Waals surface area contributed by atoms with E-state index in [1.54, 1.807) is 6.92 Å². The maximum absolute atomic E-state index is 14.0. The van der Waals surface area contributed by atoms with Gasteiger partial charge in [0.2, 0.25) is 0 Å². The minimum atomic E-state index is -0.727. The summed E-state index contributed by atoms with van der Waals surface area (Å²) in [5.74, 6) is 1.61. The van der Waals surface area contributed by atoms with Gasteiger partial charge in [0.25, 0.3) is 0 Å². The van der Waals surface area contributed by atoms with E-state index in [1.807, 2.05) is 6.08 Å². The van der Waals surface area contributed by atoms with Crippen LogP contribution in [0.3, 0.4) is 0 Å². The van der Waals surface area contributed by atoms with Crippen LogP contribution in [0.5, 0.6) is 0 Å². The van der Waals surface area contributed by atoms with E-state index in [2.05, 4.69) is 41.5 Å². The molecule has 1 N–H and O–H groups in total. The van der Waals surface area contributed by atoms with Crippen molar-refractivity contribution in [1.82, 2.24) is 0 Å². The van der Waals surface area contributed by atoms with Gasteiger partial charge in [0, 0.05) is 30.1 Å².